The summed E-state index contributed by atoms with van der Waals surface area (Å²) >= 11 is 0. The fourth-order valence-corrected chi connectivity index (χ4v) is 9.85. The van der Waals surface area contributed by atoms with Gasteiger partial charge in [0.1, 0.15) is 0 Å². The molecule has 0 bridgehead atoms. The van der Waals surface area contributed by atoms with E-state index in [1.54, 1.807) is 0 Å². The smallest absolute Gasteiger partial charge is 0.164 e. The summed E-state index contributed by atoms with van der Waals surface area (Å²) in [6.07, 6.45) is 0. The summed E-state index contributed by atoms with van der Waals surface area (Å²) < 4.78 is 4.83. The van der Waals surface area contributed by atoms with Gasteiger partial charge >= 0.3 is 0 Å². The van der Waals surface area contributed by atoms with Crippen molar-refractivity contribution in [3.63, 3.8) is 0 Å². The molecular weight excluding hydrogens is 779 g/mol. The maximum absolute atomic E-state index is 5.35. The summed E-state index contributed by atoms with van der Waals surface area (Å²) in [6, 6.07) is 79.8. The molecule has 13 aromatic rings. The SMILES string of the molecule is c1ccc(-n2c3ccccc3c3cccc(-n4c5ccccc5c5c(-c6nc(-c7ccc(-c8cccc9ccccc89)cc7)nc(-c7ccc8ccccc8c7)n6)cccc54)c32)cc1. The van der Waals surface area contributed by atoms with Crippen molar-refractivity contribution in [2.75, 3.05) is 0 Å². The fraction of sp³-hybridized carbons (Fsp3) is 0. The highest BCUT2D eigenvalue weighted by Gasteiger charge is 2.23. The van der Waals surface area contributed by atoms with Crippen LogP contribution in [0.15, 0.2) is 224 Å². The van der Waals surface area contributed by atoms with Crippen molar-refractivity contribution < 1.29 is 0 Å². The van der Waals surface area contributed by atoms with Gasteiger partial charge in [-0.15, -0.1) is 0 Å². The van der Waals surface area contributed by atoms with E-state index in [4.69, 9.17) is 15.0 Å². The monoisotopic (exact) mass is 815 g/mol. The van der Waals surface area contributed by atoms with Gasteiger partial charge in [-0.3, -0.25) is 0 Å². The van der Waals surface area contributed by atoms with E-state index in [9.17, 15) is 0 Å². The van der Waals surface area contributed by atoms with Gasteiger partial charge in [0.15, 0.2) is 17.5 Å². The first kappa shape index (κ1) is 36.0. The van der Waals surface area contributed by atoms with Gasteiger partial charge in [-0.2, -0.15) is 0 Å². The molecule has 0 atom stereocenters. The Morgan fingerprint density at radius 1 is 0.297 bits per heavy atom. The molecule has 0 amide bonds. The van der Waals surface area contributed by atoms with Gasteiger partial charge in [-0.1, -0.05) is 182 Å². The minimum absolute atomic E-state index is 0.621. The summed E-state index contributed by atoms with van der Waals surface area (Å²) in [5.41, 5.74) is 11.9. The first-order valence-corrected chi connectivity index (χ1v) is 21.7. The van der Waals surface area contributed by atoms with E-state index in [-0.39, 0.29) is 0 Å². The van der Waals surface area contributed by atoms with Crippen LogP contribution in [0.2, 0.25) is 0 Å². The first-order valence-electron chi connectivity index (χ1n) is 21.7. The van der Waals surface area contributed by atoms with Crippen LogP contribution in [-0.2, 0) is 0 Å². The summed E-state index contributed by atoms with van der Waals surface area (Å²) in [7, 11) is 0. The van der Waals surface area contributed by atoms with Gasteiger partial charge in [0, 0.05) is 43.9 Å². The standard InChI is InChI=1S/C59H37N5/c1-2-19-44(20-3-1)63-51-27-10-8-22-47(51)48-25-13-30-54(56(48)63)64-52-28-11-9-23-49(52)55-50(26-14-29-53(55)64)59-61-57(60-58(62-59)43-36-31-38-15-4-5-17-42(38)37-43)41-34-32-40(33-35-41)46-24-12-18-39-16-6-7-21-45(39)46/h1-37H. The molecule has 0 fully saturated rings. The van der Waals surface area contributed by atoms with Gasteiger partial charge in [0.2, 0.25) is 0 Å². The van der Waals surface area contributed by atoms with Crippen molar-refractivity contribution in [1.82, 2.24) is 24.1 Å². The van der Waals surface area contributed by atoms with Crippen LogP contribution in [0.1, 0.15) is 0 Å². The number of aromatic nitrogens is 5. The maximum Gasteiger partial charge on any atom is 0.164 e. The lowest BCUT2D eigenvalue weighted by atomic mass is 9.97. The van der Waals surface area contributed by atoms with Gasteiger partial charge in [-0.25, -0.2) is 15.0 Å². The zero-order chi connectivity index (χ0) is 42.1. The van der Waals surface area contributed by atoms with Crippen LogP contribution in [0.3, 0.4) is 0 Å². The molecule has 0 unspecified atom stereocenters. The van der Waals surface area contributed by atoms with Crippen LogP contribution in [-0.4, -0.2) is 24.1 Å². The molecule has 3 heterocycles. The number of para-hydroxylation sites is 4. The average molecular weight is 816 g/mol. The number of benzene rings is 10. The summed E-state index contributed by atoms with van der Waals surface area (Å²) in [6.45, 7) is 0. The molecule has 0 aliphatic carbocycles. The van der Waals surface area contributed by atoms with Crippen LogP contribution in [0.5, 0.6) is 0 Å². The third kappa shape index (κ3) is 5.68. The van der Waals surface area contributed by atoms with E-state index in [2.05, 4.69) is 234 Å². The Bertz CT molecular complexity index is 3950. The topological polar surface area (TPSA) is 48.5 Å². The Hall–Kier alpha value is -8.67. The zero-order valence-corrected chi connectivity index (χ0v) is 34.6. The van der Waals surface area contributed by atoms with Crippen molar-refractivity contribution in [2.24, 2.45) is 0 Å². The largest absolute Gasteiger partial charge is 0.307 e. The molecule has 298 valence electrons. The molecule has 3 aromatic heterocycles. The van der Waals surface area contributed by atoms with Crippen LogP contribution >= 0.6 is 0 Å². The highest BCUT2D eigenvalue weighted by molar-refractivity contribution is 6.18. The number of hydrogen-bond donors (Lipinski definition) is 0. The summed E-state index contributed by atoms with van der Waals surface area (Å²) in [5.74, 6) is 1.87. The maximum atomic E-state index is 5.35. The molecule has 0 saturated carbocycles. The lowest BCUT2D eigenvalue weighted by Crippen LogP contribution is -2.01. The number of nitrogens with zero attached hydrogens (tertiary/aromatic N) is 5. The average Bonchev–Trinajstić information content (AvgIpc) is 3.90. The summed E-state index contributed by atoms with van der Waals surface area (Å²) in [5, 5.41) is 9.38. The first-order chi connectivity index (χ1) is 31.7. The minimum atomic E-state index is 0.621. The highest BCUT2D eigenvalue weighted by Crippen LogP contribution is 2.42. The molecule has 10 aromatic carbocycles. The van der Waals surface area contributed by atoms with Crippen molar-refractivity contribution in [3.05, 3.63) is 224 Å². The van der Waals surface area contributed by atoms with E-state index < -0.39 is 0 Å². The van der Waals surface area contributed by atoms with Crippen molar-refractivity contribution in [1.29, 1.82) is 0 Å². The van der Waals surface area contributed by atoms with Crippen LogP contribution in [0, 0.1) is 0 Å². The van der Waals surface area contributed by atoms with Crippen LogP contribution in [0.4, 0.5) is 0 Å². The van der Waals surface area contributed by atoms with Gasteiger partial charge in [0.05, 0.1) is 27.8 Å². The second kappa shape index (κ2) is 14.5. The molecule has 0 radical (unpaired) electrons. The molecule has 64 heavy (non-hydrogen) atoms. The molecule has 0 spiro atoms. The second-order valence-corrected chi connectivity index (χ2v) is 16.4. The highest BCUT2D eigenvalue weighted by atomic mass is 15.1. The van der Waals surface area contributed by atoms with E-state index >= 15 is 0 Å². The number of rotatable bonds is 6. The molecular formula is C59H37N5. The van der Waals surface area contributed by atoms with Gasteiger partial charge in [0.25, 0.3) is 0 Å². The van der Waals surface area contributed by atoms with E-state index in [1.807, 2.05) is 0 Å². The quantitative estimate of drug-likeness (QED) is 0.168. The molecule has 0 aliphatic rings. The third-order valence-corrected chi connectivity index (χ3v) is 12.8. The van der Waals surface area contributed by atoms with E-state index in [0.29, 0.717) is 17.5 Å². The normalized spacial score (nSPS) is 11.8. The Labute approximate surface area is 368 Å². The van der Waals surface area contributed by atoms with Crippen LogP contribution in [0.25, 0.3) is 122 Å². The lowest BCUT2D eigenvalue weighted by molar-refractivity contribution is 1.08. The third-order valence-electron chi connectivity index (χ3n) is 12.8. The summed E-state index contributed by atoms with van der Waals surface area (Å²) in [4.78, 5) is 15.9. The van der Waals surface area contributed by atoms with E-state index in [1.165, 1.54) is 38.0 Å². The van der Waals surface area contributed by atoms with E-state index in [0.717, 1.165) is 66.3 Å². The molecule has 5 nitrogen and oxygen atoms in total. The Morgan fingerprint density at radius 2 is 0.844 bits per heavy atom. The van der Waals surface area contributed by atoms with Gasteiger partial charge in [-0.05, 0) is 75.1 Å². The Kier molecular flexibility index (Phi) is 8.15. The van der Waals surface area contributed by atoms with Crippen LogP contribution < -0.4 is 0 Å². The van der Waals surface area contributed by atoms with Crippen molar-refractivity contribution >= 4 is 65.2 Å². The molecule has 0 saturated heterocycles. The number of fused-ring (bicyclic) bond motifs is 8. The molecule has 13 rings (SSSR count). The zero-order valence-electron chi connectivity index (χ0n) is 34.6. The van der Waals surface area contributed by atoms with Gasteiger partial charge < -0.3 is 9.13 Å². The molecule has 0 aliphatic heterocycles. The Morgan fingerprint density at radius 3 is 1.67 bits per heavy atom. The minimum Gasteiger partial charge on any atom is -0.307 e. The number of hydrogen-bond acceptors (Lipinski definition) is 3. The predicted octanol–water partition coefficient (Wildman–Crippen LogP) is 15.0. The predicted molar refractivity (Wildman–Crippen MR) is 265 cm³/mol. The van der Waals surface area contributed by atoms with Crippen molar-refractivity contribution in [2.45, 2.75) is 0 Å². The molecule has 5 heteroatoms. The molecule has 0 N–H and O–H groups in total. The fourth-order valence-electron chi connectivity index (χ4n) is 9.85. The second-order valence-electron chi connectivity index (χ2n) is 16.4. The lowest BCUT2D eigenvalue weighted by Gasteiger charge is -2.14. The van der Waals surface area contributed by atoms with Crippen molar-refractivity contribution in [3.8, 4) is 56.7 Å². The Balaban J connectivity index is 1.04.